The fourth-order valence-corrected chi connectivity index (χ4v) is 2.54. The number of fused-ring (bicyclic) bond motifs is 1. The minimum absolute atomic E-state index is 0.113. The van der Waals surface area contributed by atoms with Crippen LogP contribution < -0.4 is 4.90 Å². The van der Waals surface area contributed by atoms with Gasteiger partial charge in [-0.1, -0.05) is 18.2 Å². The number of hydrogen-bond acceptors (Lipinski definition) is 4. The lowest BCUT2D eigenvalue weighted by molar-refractivity contribution is -0.385. The zero-order chi connectivity index (χ0) is 15.0. The largest absolute Gasteiger partial charge is 0.310 e. The first-order valence-electron chi connectivity index (χ1n) is 6.66. The Morgan fingerprint density at radius 3 is 2.90 bits per heavy atom. The van der Waals surface area contributed by atoms with Crippen LogP contribution in [-0.2, 0) is 11.2 Å². The number of para-hydroxylation sites is 1. The molecule has 1 unspecified atom stereocenters. The van der Waals surface area contributed by atoms with Crippen LogP contribution in [0.15, 0.2) is 36.7 Å². The summed E-state index contributed by atoms with van der Waals surface area (Å²) in [7, 11) is 0. The monoisotopic (exact) mass is 286 g/mol. The van der Waals surface area contributed by atoms with E-state index in [-0.39, 0.29) is 11.6 Å². The molecule has 0 saturated heterocycles. The number of anilines is 1. The molecule has 0 saturated carbocycles. The van der Waals surface area contributed by atoms with Crippen molar-refractivity contribution < 1.29 is 9.72 Å². The SMILES string of the molecule is CC(C(=O)N1CCc2ccccc21)n1cc([N+](=O)[O-])cn1. The lowest BCUT2D eigenvalue weighted by atomic mass is 10.2. The van der Waals surface area contributed by atoms with Crippen LogP contribution in [0.3, 0.4) is 0 Å². The number of aromatic nitrogens is 2. The Labute approximate surface area is 120 Å². The molecule has 0 spiro atoms. The molecule has 0 bridgehead atoms. The van der Waals surface area contributed by atoms with Crippen molar-refractivity contribution in [2.75, 3.05) is 11.4 Å². The third kappa shape index (κ3) is 2.26. The van der Waals surface area contributed by atoms with Crippen molar-refractivity contribution in [3.63, 3.8) is 0 Å². The van der Waals surface area contributed by atoms with Gasteiger partial charge in [-0.25, -0.2) is 0 Å². The molecule has 1 aliphatic heterocycles. The van der Waals surface area contributed by atoms with Gasteiger partial charge < -0.3 is 4.90 Å². The Balaban J connectivity index is 1.83. The highest BCUT2D eigenvalue weighted by Crippen LogP contribution is 2.29. The van der Waals surface area contributed by atoms with Crippen molar-refractivity contribution in [2.24, 2.45) is 0 Å². The summed E-state index contributed by atoms with van der Waals surface area (Å²) in [5, 5.41) is 14.6. The van der Waals surface area contributed by atoms with Gasteiger partial charge >= 0.3 is 5.69 Å². The van der Waals surface area contributed by atoms with Gasteiger partial charge in [-0.05, 0) is 25.0 Å². The second-order valence-electron chi connectivity index (χ2n) is 4.98. The number of nitrogens with zero attached hydrogens (tertiary/aromatic N) is 4. The molecular weight excluding hydrogens is 272 g/mol. The molecule has 108 valence electrons. The van der Waals surface area contributed by atoms with Crippen molar-refractivity contribution in [1.29, 1.82) is 0 Å². The van der Waals surface area contributed by atoms with Gasteiger partial charge in [-0.2, -0.15) is 5.10 Å². The topological polar surface area (TPSA) is 81.3 Å². The summed E-state index contributed by atoms with van der Waals surface area (Å²) in [4.78, 5) is 24.5. The molecular formula is C14H14N4O3. The van der Waals surface area contributed by atoms with Gasteiger partial charge in [0.1, 0.15) is 18.4 Å². The number of rotatable bonds is 3. The summed E-state index contributed by atoms with van der Waals surface area (Å²) in [6.45, 7) is 2.33. The summed E-state index contributed by atoms with van der Waals surface area (Å²) in [6, 6.07) is 7.19. The van der Waals surface area contributed by atoms with Crippen LogP contribution in [0.5, 0.6) is 0 Å². The van der Waals surface area contributed by atoms with Crippen molar-refractivity contribution >= 4 is 17.3 Å². The first kappa shape index (κ1) is 13.3. The Kier molecular flexibility index (Phi) is 3.17. The first-order chi connectivity index (χ1) is 10.1. The van der Waals surface area contributed by atoms with E-state index < -0.39 is 11.0 Å². The van der Waals surface area contributed by atoms with Crippen molar-refractivity contribution in [2.45, 2.75) is 19.4 Å². The van der Waals surface area contributed by atoms with E-state index in [0.717, 1.165) is 23.9 Å². The third-order valence-corrected chi connectivity index (χ3v) is 3.71. The highest BCUT2D eigenvalue weighted by molar-refractivity contribution is 5.97. The number of hydrogen-bond donors (Lipinski definition) is 0. The molecule has 2 heterocycles. The Morgan fingerprint density at radius 1 is 1.43 bits per heavy atom. The molecule has 1 aromatic carbocycles. The van der Waals surface area contributed by atoms with E-state index in [1.165, 1.54) is 10.9 Å². The van der Waals surface area contributed by atoms with Gasteiger partial charge in [-0.3, -0.25) is 19.6 Å². The Bertz CT molecular complexity index is 710. The van der Waals surface area contributed by atoms with E-state index in [0.29, 0.717) is 6.54 Å². The van der Waals surface area contributed by atoms with Crippen LogP contribution in [-0.4, -0.2) is 27.2 Å². The average Bonchev–Trinajstić information content (AvgIpc) is 3.12. The molecule has 1 aliphatic rings. The average molecular weight is 286 g/mol. The summed E-state index contributed by atoms with van der Waals surface area (Å²) in [5.74, 6) is -0.113. The predicted octanol–water partition coefficient (Wildman–Crippen LogP) is 1.94. The lowest BCUT2D eigenvalue weighted by Crippen LogP contribution is -2.35. The molecule has 0 aliphatic carbocycles. The van der Waals surface area contributed by atoms with Crippen molar-refractivity contribution in [1.82, 2.24) is 9.78 Å². The smallest absolute Gasteiger partial charge is 0.307 e. The van der Waals surface area contributed by atoms with E-state index >= 15 is 0 Å². The molecule has 2 aromatic rings. The van der Waals surface area contributed by atoms with Gasteiger partial charge in [0, 0.05) is 12.2 Å². The van der Waals surface area contributed by atoms with Crippen LogP contribution in [0.4, 0.5) is 11.4 Å². The predicted molar refractivity (Wildman–Crippen MR) is 76.1 cm³/mol. The maximum Gasteiger partial charge on any atom is 0.307 e. The van der Waals surface area contributed by atoms with E-state index in [9.17, 15) is 14.9 Å². The zero-order valence-electron chi connectivity index (χ0n) is 11.5. The molecule has 7 heteroatoms. The number of amides is 1. The van der Waals surface area contributed by atoms with E-state index in [1.54, 1.807) is 11.8 Å². The van der Waals surface area contributed by atoms with Crippen molar-refractivity contribution in [3.05, 3.63) is 52.3 Å². The van der Waals surface area contributed by atoms with E-state index in [4.69, 9.17) is 0 Å². The molecule has 3 rings (SSSR count). The lowest BCUT2D eigenvalue weighted by Gasteiger charge is -2.21. The van der Waals surface area contributed by atoms with Gasteiger partial charge in [0.25, 0.3) is 5.91 Å². The standard InChI is InChI=1S/C14H14N4O3/c1-10(17-9-12(8-15-17)18(20)21)14(19)16-7-6-11-4-2-3-5-13(11)16/h2-5,8-10H,6-7H2,1H3. The quantitative estimate of drug-likeness (QED) is 0.638. The maximum absolute atomic E-state index is 12.6. The Hall–Kier alpha value is -2.70. The molecule has 1 atom stereocenters. The summed E-state index contributed by atoms with van der Waals surface area (Å²) in [6.07, 6.45) is 3.26. The number of benzene rings is 1. The summed E-state index contributed by atoms with van der Waals surface area (Å²) in [5.41, 5.74) is 1.94. The number of carbonyl (C=O) groups is 1. The Morgan fingerprint density at radius 2 is 2.19 bits per heavy atom. The van der Waals surface area contributed by atoms with Crippen LogP contribution in [0.25, 0.3) is 0 Å². The van der Waals surface area contributed by atoms with Crippen molar-refractivity contribution in [3.8, 4) is 0 Å². The highest BCUT2D eigenvalue weighted by Gasteiger charge is 2.29. The minimum atomic E-state index is -0.579. The zero-order valence-corrected chi connectivity index (χ0v) is 11.5. The second kappa shape index (κ2) is 5.01. The number of nitro groups is 1. The van der Waals surface area contributed by atoms with Gasteiger partial charge in [0.2, 0.25) is 0 Å². The molecule has 0 fully saturated rings. The first-order valence-corrected chi connectivity index (χ1v) is 6.66. The third-order valence-electron chi connectivity index (χ3n) is 3.71. The molecule has 1 aromatic heterocycles. The fourth-order valence-electron chi connectivity index (χ4n) is 2.54. The van der Waals surface area contributed by atoms with Crippen LogP contribution in [0.2, 0.25) is 0 Å². The van der Waals surface area contributed by atoms with E-state index in [1.807, 2.05) is 24.3 Å². The molecule has 0 radical (unpaired) electrons. The molecule has 21 heavy (non-hydrogen) atoms. The maximum atomic E-state index is 12.6. The highest BCUT2D eigenvalue weighted by atomic mass is 16.6. The van der Waals surface area contributed by atoms with Crippen LogP contribution >= 0.6 is 0 Å². The fraction of sp³-hybridized carbons (Fsp3) is 0.286. The second-order valence-corrected chi connectivity index (χ2v) is 4.98. The minimum Gasteiger partial charge on any atom is -0.310 e. The van der Waals surface area contributed by atoms with Gasteiger partial charge in [0.05, 0.1) is 4.92 Å². The van der Waals surface area contributed by atoms with Crippen LogP contribution in [0, 0.1) is 10.1 Å². The van der Waals surface area contributed by atoms with E-state index in [2.05, 4.69) is 5.10 Å². The summed E-state index contributed by atoms with van der Waals surface area (Å²) < 4.78 is 1.33. The molecule has 7 nitrogen and oxygen atoms in total. The molecule has 0 N–H and O–H groups in total. The number of carbonyl (C=O) groups excluding carboxylic acids is 1. The van der Waals surface area contributed by atoms with Crippen LogP contribution in [0.1, 0.15) is 18.5 Å². The summed E-state index contributed by atoms with van der Waals surface area (Å²) >= 11 is 0. The van der Waals surface area contributed by atoms with Gasteiger partial charge in [-0.15, -0.1) is 0 Å². The normalized spacial score (nSPS) is 14.8. The molecule has 1 amide bonds. The van der Waals surface area contributed by atoms with Gasteiger partial charge in [0.15, 0.2) is 0 Å².